The Labute approximate surface area is 99.1 Å². The minimum Gasteiger partial charge on any atom is -0.330 e. The first-order valence-electron chi connectivity index (χ1n) is 6.03. The van der Waals surface area contributed by atoms with E-state index in [-0.39, 0.29) is 17.5 Å². The molecule has 0 aromatic carbocycles. The van der Waals surface area contributed by atoms with Crippen LogP contribution in [-0.2, 0) is 0 Å². The van der Waals surface area contributed by atoms with Crippen molar-refractivity contribution < 1.29 is 0 Å². The van der Waals surface area contributed by atoms with Gasteiger partial charge in [0, 0.05) is 24.4 Å². The summed E-state index contributed by atoms with van der Waals surface area (Å²) < 4.78 is 2.25. The summed E-state index contributed by atoms with van der Waals surface area (Å²) in [6, 6.07) is 0.402. The molecule has 0 spiro atoms. The van der Waals surface area contributed by atoms with Crippen LogP contribution in [0.25, 0.3) is 0 Å². The van der Waals surface area contributed by atoms with Gasteiger partial charge in [-0.2, -0.15) is 0 Å². The Morgan fingerprint density at radius 1 is 1.25 bits per heavy atom. The van der Waals surface area contributed by atoms with Gasteiger partial charge in [0.05, 0.1) is 6.04 Å². The minimum atomic E-state index is 0.117. The van der Waals surface area contributed by atoms with Gasteiger partial charge >= 0.3 is 0 Å². The number of nitrogens with two attached hydrogens (primary N) is 1. The van der Waals surface area contributed by atoms with Crippen molar-refractivity contribution in [2.24, 2.45) is 11.1 Å². The Kier molecular flexibility index (Phi) is 3.79. The molecular formula is C13H25N3. The highest BCUT2D eigenvalue weighted by molar-refractivity contribution is 5.03. The molecule has 16 heavy (non-hydrogen) atoms. The third kappa shape index (κ3) is 2.64. The van der Waals surface area contributed by atoms with Crippen LogP contribution in [0.1, 0.15) is 59.3 Å². The second-order valence-electron chi connectivity index (χ2n) is 6.02. The lowest BCUT2D eigenvalue weighted by Crippen LogP contribution is -2.38. The van der Waals surface area contributed by atoms with Crippen molar-refractivity contribution in [2.45, 2.75) is 59.5 Å². The van der Waals surface area contributed by atoms with E-state index in [9.17, 15) is 0 Å². The first kappa shape index (κ1) is 13.2. The second-order valence-corrected chi connectivity index (χ2v) is 6.02. The lowest BCUT2D eigenvalue weighted by molar-refractivity contribution is 0.206. The van der Waals surface area contributed by atoms with Crippen molar-refractivity contribution in [2.75, 3.05) is 0 Å². The quantitative estimate of drug-likeness (QED) is 0.856. The summed E-state index contributed by atoms with van der Waals surface area (Å²) in [5, 5.41) is 0. The summed E-state index contributed by atoms with van der Waals surface area (Å²) in [6.07, 6.45) is 3.92. The Morgan fingerprint density at radius 3 is 2.19 bits per heavy atom. The molecule has 1 aromatic rings. The maximum atomic E-state index is 6.13. The Hall–Kier alpha value is -0.830. The van der Waals surface area contributed by atoms with Gasteiger partial charge in [-0.05, 0) is 12.3 Å². The van der Waals surface area contributed by atoms with Gasteiger partial charge < -0.3 is 10.3 Å². The highest BCUT2D eigenvalue weighted by Crippen LogP contribution is 2.34. The molecule has 0 saturated carbocycles. The summed E-state index contributed by atoms with van der Waals surface area (Å²) in [5.74, 6) is 1.55. The normalized spacial score (nSPS) is 16.5. The van der Waals surface area contributed by atoms with E-state index in [4.69, 9.17) is 5.73 Å². The predicted octanol–water partition coefficient (Wildman–Crippen LogP) is 2.94. The fourth-order valence-electron chi connectivity index (χ4n) is 2.47. The van der Waals surface area contributed by atoms with Gasteiger partial charge in [0.15, 0.2) is 0 Å². The van der Waals surface area contributed by atoms with E-state index in [1.807, 2.05) is 6.20 Å². The molecule has 1 rings (SSSR count). The minimum absolute atomic E-state index is 0.117. The van der Waals surface area contributed by atoms with Crippen LogP contribution >= 0.6 is 0 Å². The van der Waals surface area contributed by atoms with Crippen LogP contribution in [0.15, 0.2) is 12.4 Å². The zero-order chi connectivity index (χ0) is 12.5. The molecule has 2 N–H and O–H groups in total. The molecule has 0 amide bonds. The van der Waals surface area contributed by atoms with Gasteiger partial charge in [0.25, 0.3) is 0 Å². The van der Waals surface area contributed by atoms with Gasteiger partial charge in [0.1, 0.15) is 5.82 Å². The van der Waals surface area contributed by atoms with Crippen molar-refractivity contribution in [1.29, 1.82) is 0 Å². The predicted molar refractivity (Wildman–Crippen MR) is 68.5 cm³/mol. The molecule has 0 aliphatic rings. The van der Waals surface area contributed by atoms with Crippen molar-refractivity contribution in [1.82, 2.24) is 9.55 Å². The van der Waals surface area contributed by atoms with Crippen molar-refractivity contribution >= 4 is 0 Å². The molecule has 1 heterocycles. The molecule has 2 unspecified atom stereocenters. The number of nitrogens with zero attached hydrogens (tertiary/aromatic N) is 2. The average Bonchev–Trinajstić information content (AvgIpc) is 2.48. The number of hydrogen-bond donors (Lipinski definition) is 1. The second kappa shape index (κ2) is 4.58. The Morgan fingerprint density at radius 2 is 1.81 bits per heavy atom. The number of aromatic nitrogens is 2. The monoisotopic (exact) mass is 223 g/mol. The maximum Gasteiger partial charge on any atom is 0.111 e. The van der Waals surface area contributed by atoms with E-state index >= 15 is 0 Å². The Balaban J connectivity index is 3.17. The van der Waals surface area contributed by atoms with Gasteiger partial charge in [-0.3, -0.25) is 0 Å². The first-order chi connectivity index (χ1) is 7.25. The molecule has 0 bridgehead atoms. The Bertz CT molecular complexity index is 331. The SMILES string of the molecule is CC(C)c1nccn1C(C(C)N)C(C)(C)C. The number of rotatable bonds is 3. The molecule has 92 valence electrons. The lowest BCUT2D eigenvalue weighted by Gasteiger charge is -2.36. The summed E-state index contributed by atoms with van der Waals surface area (Å²) in [7, 11) is 0. The highest BCUT2D eigenvalue weighted by Gasteiger charge is 2.31. The van der Waals surface area contributed by atoms with E-state index in [1.54, 1.807) is 0 Å². The molecule has 0 fully saturated rings. The molecule has 1 aromatic heterocycles. The van der Waals surface area contributed by atoms with Crippen LogP contribution in [0, 0.1) is 5.41 Å². The fourth-order valence-corrected chi connectivity index (χ4v) is 2.47. The van der Waals surface area contributed by atoms with Gasteiger partial charge in [-0.15, -0.1) is 0 Å². The third-order valence-corrected chi connectivity index (χ3v) is 2.90. The molecule has 3 heteroatoms. The van der Waals surface area contributed by atoms with E-state index in [2.05, 4.69) is 57.3 Å². The summed E-state index contributed by atoms with van der Waals surface area (Å²) in [6.45, 7) is 13.1. The summed E-state index contributed by atoms with van der Waals surface area (Å²) in [5.41, 5.74) is 6.27. The van der Waals surface area contributed by atoms with Crippen molar-refractivity contribution in [3.05, 3.63) is 18.2 Å². The first-order valence-corrected chi connectivity index (χ1v) is 6.03. The van der Waals surface area contributed by atoms with E-state index in [0.717, 1.165) is 5.82 Å². The summed E-state index contributed by atoms with van der Waals surface area (Å²) in [4.78, 5) is 4.44. The zero-order valence-corrected chi connectivity index (χ0v) is 11.4. The molecular weight excluding hydrogens is 198 g/mol. The van der Waals surface area contributed by atoms with Crippen LogP contribution in [0.5, 0.6) is 0 Å². The highest BCUT2D eigenvalue weighted by atomic mass is 15.1. The van der Waals surface area contributed by atoms with Crippen LogP contribution in [0.3, 0.4) is 0 Å². The lowest BCUT2D eigenvalue weighted by atomic mass is 9.82. The number of imidazole rings is 1. The smallest absolute Gasteiger partial charge is 0.111 e. The largest absolute Gasteiger partial charge is 0.330 e. The molecule has 0 saturated heterocycles. The summed E-state index contributed by atoms with van der Waals surface area (Å²) >= 11 is 0. The van der Waals surface area contributed by atoms with Gasteiger partial charge in [-0.25, -0.2) is 4.98 Å². The third-order valence-electron chi connectivity index (χ3n) is 2.90. The van der Waals surface area contributed by atoms with Crippen molar-refractivity contribution in [3.8, 4) is 0 Å². The van der Waals surface area contributed by atoms with E-state index in [0.29, 0.717) is 5.92 Å². The van der Waals surface area contributed by atoms with Crippen molar-refractivity contribution in [3.63, 3.8) is 0 Å². The molecule has 2 atom stereocenters. The van der Waals surface area contributed by atoms with Crippen LogP contribution in [0.2, 0.25) is 0 Å². The molecule has 3 nitrogen and oxygen atoms in total. The molecule has 0 aliphatic carbocycles. The van der Waals surface area contributed by atoms with Gasteiger partial charge in [-0.1, -0.05) is 34.6 Å². The van der Waals surface area contributed by atoms with Gasteiger partial charge in [0.2, 0.25) is 0 Å². The van der Waals surface area contributed by atoms with Crippen LogP contribution < -0.4 is 5.73 Å². The zero-order valence-electron chi connectivity index (χ0n) is 11.4. The molecule has 0 radical (unpaired) electrons. The maximum absolute atomic E-state index is 6.13. The fraction of sp³-hybridized carbons (Fsp3) is 0.769. The van der Waals surface area contributed by atoms with Crippen LogP contribution in [0.4, 0.5) is 0 Å². The van der Waals surface area contributed by atoms with Crippen LogP contribution in [-0.4, -0.2) is 15.6 Å². The molecule has 0 aliphatic heterocycles. The van der Waals surface area contributed by atoms with E-state index < -0.39 is 0 Å². The van der Waals surface area contributed by atoms with E-state index in [1.165, 1.54) is 0 Å². The average molecular weight is 223 g/mol. The topological polar surface area (TPSA) is 43.8 Å². The number of hydrogen-bond acceptors (Lipinski definition) is 2. The standard InChI is InChI=1S/C13H25N3/c1-9(2)12-15-7-8-16(12)11(10(3)14)13(4,5)6/h7-11H,14H2,1-6H3.